The van der Waals surface area contributed by atoms with Crippen molar-refractivity contribution >= 4 is 5.97 Å². The van der Waals surface area contributed by atoms with E-state index in [-0.39, 0.29) is 5.69 Å². The van der Waals surface area contributed by atoms with Crippen molar-refractivity contribution in [3.05, 3.63) is 65.5 Å². The Bertz CT molecular complexity index is 570. The Hall–Kier alpha value is -2.20. The summed E-state index contributed by atoms with van der Waals surface area (Å²) in [4.78, 5) is 17.3. The van der Waals surface area contributed by atoms with Crippen molar-refractivity contribution in [1.82, 2.24) is 9.88 Å². The molecule has 0 bridgehead atoms. The van der Waals surface area contributed by atoms with Crippen molar-refractivity contribution in [2.24, 2.45) is 0 Å². The number of carboxylic acids is 1. The Morgan fingerprint density at radius 1 is 1.10 bits per heavy atom. The highest BCUT2D eigenvalue weighted by atomic mass is 16.4. The zero-order chi connectivity index (χ0) is 14.4. The monoisotopic (exact) mass is 270 g/mol. The van der Waals surface area contributed by atoms with Gasteiger partial charge in [-0.25, -0.2) is 9.78 Å². The van der Waals surface area contributed by atoms with Crippen molar-refractivity contribution < 1.29 is 9.90 Å². The Labute approximate surface area is 118 Å². The van der Waals surface area contributed by atoms with Crippen molar-refractivity contribution in [3.8, 4) is 0 Å². The van der Waals surface area contributed by atoms with Gasteiger partial charge in [0.15, 0.2) is 0 Å². The third-order valence-electron chi connectivity index (χ3n) is 3.11. The van der Waals surface area contributed by atoms with Crippen LogP contribution in [-0.4, -0.2) is 27.5 Å². The molecular weight excluding hydrogens is 252 g/mol. The lowest BCUT2D eigenvalue weighted by Gasteiger charge is -2.20. The summed E-state index contributed by atoms with van der Waals surface area (Å²) in [5.74, 6) is -0.988. The van der Waals surface area contributed by atoms with Crippen LogP contribution < -0.4 is 0 Å². The van der Waals surface area contributed by atoms with Crippen LogP contribution in [0.15, 0.2) is 48.5 Å². The zero-order valence-corrected chi connectivity index (χ0v) is 11.5. The molecule has 0 fully saturated rings. The minimum absolute atomic E-state index is 0.0956. The van der Waals surface area contributed by atoms with E-state index in [0.29, 0.717) is 6.54 Å². The van der Waals surface area contributed by atoms with Crippen molar-refractivity contribution in [2.75, 3.05) is 6.54 Å². The van der Waals surface area contributed by atoms with Gasteiger partial charge in [0.25, 0.3) is 0 Å². The van der Waals surface area contributed by atoms with Gasteiger partial charge >= 0.3 is 5.97 Å². The second-order valence-corrected chi connectivity index (χ2v) is 4.61. The van der Waals surface area contributed by atoms with Gasteiger partial charge in [0.1, 0.15) is 5.69 Å². The average molecular weight is 270 g/mol. The summed E-state index contributed by atoms with van der Waals surface area (Å²) >= 11 is 0. The molecule has 104 valence electrons. The van der Waals surface area contributed by atoms with Gasteiger partial charge in [0.2, 0.25) is 0 Å². The van der Waals surface area contributed by atoms with E-state index in [0.717, 1.165) is 18.8 Å². The van der Waals surface area contributed by atoms with Crippen molar-refractivity contribution in [2.45, 2.75) is 20.0 Å². The highest BCUT2D eigenvalue weighted by Crippen LogP contribution is 2.09. The number of carboxylic acid groups (broad SMARTS) is 1. The van der Waals surface area contributed by atoms with Gasteiger partial charge in [-0.2, -0.15) is 0 Å². The fourth-order valence-corrected chi connectivity index (χ4v) is 2.04. The molecule has 1 heterocycles. The summed E-state index contributed by atoms with van der Waals surface area (Å²) in [5, 5.41) is 8.96. The summed E-state index contributed by atoms with van der Waals surface area (Å²) in [6.07, 6.45) is 0. The first-order valence-electron chi connectivity index (χ1n) is 6.64. The average Bonchev–Trinajstić information content (AvgIpc) is 2.48. The number of carbonyl (C=O) groups is 1. The lowest BCUT2D eigenvalue weighted by Crippen LogP contribution is -2.23. The second-order valence-electron chi connectivity index (χ2n) is 4.61. The maximum Gasteiger partial charge on any atom is 0.354 e. The molecule has 0 saturated carbocycles. The molecule has 0 saturated heterocycles. The lowest BCUT2D eigenvalue weighted by atomic mass is 10.2. The minimum atomic E-state index is -0.988. The maximum atomic E-state index is 10.9. The zero-order valence-electron chi connectivity index (χ0n) is 11.5. The van der Waals surface area contributed by atoms with E-state index < -0.39 is 5.97 Å². The topological polar surface area (TPSA) is 53.4 Å². The fourth-order valence-electron chi connectivity index (χ4n) is 2.04. The molecule has 0 radical (unpaired) electrons. The first kappa shape index (κ1) is 14.2. The van der Waals surface area contributed by atoms with Crippen LogP contribution in [0.2, 0.25) is 0 Å². The molecule has 1 N–H and O–H groups in total. The Morgan fingerprint density at radius 3 is 2.50 bits per heavy atom. The van der Waals surface area contributed by atoms with Gasteiger partial charge in [-0.1, -0.05) is 43.3 Å². The maximum absolute atomic E-state index is 10.9. The smallest absolute Gasteiger partial charge is 0.354 e. The largest absolute Gasteiger partial charge is 0.477 e. The van der Waals surface area contributed by atoms with Crippen LogP contribution in [-0.2, 0) is 13.1 Å². The molecule has 0 amide bonds. The summed E-state index contributed by atoms with van der Waals surface area (Å²) in [5.41, 5.74) is 2.12. The van der Waals surface area contributed by atoms with Gasteiger partial charge in [-0.15, -0.1) is 0 Å². The highest BCUT2D eigenvalue weighted by molar-refractivity contribution is 5.85. The number of hydrogen-bond acceptors (Lipinski definition) is 3. The quantitative estimate of drug-likeness (QED) is 0.877. The molecule has 20 heavy (non-hydrogen) atoms. The number of aromatic carboxylic acids is 1. The Kier molecular flexibility index (Phi) is 4.85. The van der Waals surface area contributed by atoms with E-state index in [4.69, 9.17) is 5.11 Å². The molecule has 0 aliphatic carbocycles. The molecule has 2 aromatic rings. The minimum Gasteiger partial charge on any atom is -0.477 e. The molecule has 1 aromatic heterocycles. The number of aromatic nitrogens is 1. The van der Waals surface area contributed by atoms with Crippen molar-refractivity contribution in [1.29, 1.82) is 0 Å². The van der Waals surface area contributed by atoms with Crippen LogP contribution in [0.5, 0.6) is 0 Å². The first-order chi connectivity index (χ1) is 9.69. The first-order valence-corrected chi connectivity index (χ1v) is 6.64. The number of benzene rings is 1. The van der Waals surface area contributed by atoms with E-state index in [1.54, 1.807) is 6.07 Å². The van der Waals surface area contributed by atoms with Crippen LogP contribution in [0.3, 0.4) is 0 Å². The predicted octanol–water partition coefficient (Wildman–Crippen LogP) is 2.80. The van der Waals surface area contributed by atoms with Crippen LogP contribution in [0.4, 0.5) is 0 Å². The Balaban J connectivity index is 2.06. The molecule has 1 aromatic carbocycles. The standard InChI is InChI=1S/C16H18N2O2/c1-2-18(11-13-7-4-3-5-8-13)12-14-9-6-10-15(17-14)16(19)20/h3-10H,2,11-12H2,1H3,(H,19,20). The van der Waals surface area contributed by atoms with Gasteiger partial charge in [0.05, 0.1) is 5.69 Å². The number of nitrogens with zero attached hydrogens (tertiary/aromatic N) is 2. The van der Waals surface area contributed by atoms with E-state index in [9.17, 15) is 4.79 Å². The van der Waals surface area contributed by atoms with Gasteiger partial charge in [0, 0.05) is 13.1 Å². The fraction of sp³-hybridized carbons (Fsp3) is 0.250. The molecule has 4 heteroatoms. The summed E-state index contributed by atoms with van der Waals surface area (Å²) in [7, 11) is 0. The van der Waals surface area contributed by atoms with Gasteiger partial charge < -0.3 is 5.11 Å². The molecule has 0 aliphatic rings. The molecule has 0 spiro atoms. The number of hydrogen-bond donors (Lipinski definition) is 1. The van der Waals surface area contributed by atoms with E-state index in [1.165, 1.54) is 11.6 Å². The summed E-state index contributed by atoms with van der Waals surface area (Å²) < 4.78 is 0. The lowest BCUT2D eigenvalue weighted by molar-refractivity contribution is 0.0690. The van der Waals surface area contributed by atoms with Crippen LogP contribution in [0.25, 0.3) is 0 Å². The van der Waals surface area contributed by atoms with Gasteiger partial charge in [-0.05, 0) is 24.2 Å². The number of pyridine rings is 1. The molecule has 0 aliphatic heterocycles. The van der Waals surface area contributed by atoms with Crippen LogP contribution in [0.1, 0.15) is 28.7 Å². The summed E-state index contributed by atoms with van der Waals surface area (Å²) in [6, 6.07) is 15.3. The SMILES string of the molecule is CCN(Cc1ccccc1)Cc1cccc(C(=O)O)n1. The predicted molar refractivity (Wildman–Crippen MR) is 77.4 cm³/mol. The molecule has 0 atom stereocenters. The molecule has 2 rings (SSSR count). The van der Waals surface area contributed by atoms with E-state index >= 15 is 0 Å². The number of rotatable bonds is 6. The third kappa shape index (κ3) is 3.90. The highest BCUT2D eigenvalue weighted by Gasteiger charge is 2.09. The summed E-state index contributed by atoms with van der Waals surface area (Å²) in [6.45, 7) is 4.45. The Morgan fingerprint density at radius 2 is 1.85 bits per heavy atom. The van der Waals surface area contributed by atoms with Gasteiger partial charge in [-0.3, -0.25) is 4.90 Å². The molecule has 0 unspecified atom stereocenters. The molecular formula is C16H18N2O2. The molecule has 4 nitrogen and oxygen atoms in total. The van der Waals surface area contributed by atoms with Crippen molar-refractivity contribution in [3.63, 3.8) is 0 Å². The van der Waals surface area contributed by atoms with Crippen LogP contribution in [0, 0.1) is 0 Å². The normalized spacial score (nSPS) is 10.7. The van der Waals surface area contributed by atoms with E-state index in [2.05, 4.69) is 28.9 Å². The second kappa shape index (κ2) is 6.82. The van der Waals surface area contributed by atoms with E-state index in [1.807, 2.05) is 24.3 Å². The third-order valence-corrected chi connectivity index (χ3v) is 3.11. The van der Waals surface area contributed by atoms with Crippen LogP contribution >= 0.6 is 0 Å².